The molecule has 2 rings (SSSR count). The van der Waals surface area contributed by atoms with E-state index in [1.165, 1.54) is 0 Å². The van der Waals surface area contributed by atoms with Gasteiger partial charge in [0.25, 0.3) is 0 Å². The van der Waals surface area contributed by atoms with Gasteiger partial charge in [0, 0.05) is 26.5 Å². The van der Waals surface area contributed by atoms with E-state index in [4.69, 9.17) is 46.4 Å². The standard InChI is InChI=1S/C13H8Cl4/c14-7-8-6-9(15)4-5-10(8)13-11(16)2-1-3-12(13)17/h1-6H,7H2. The lowest BCUT2D eigenvalue weighted by Gasteiger charge is -2.11. The molecule has 0 amide bonds. The molecule has 0 nitrogen and oxygen atoms in total. The van der Waals surface area contributed by atoms with E-state index in [-0.39, 0.29) is 0 Å². The third-order valence-corrected chi connectivity index (χ3v) is 3.60. The SMILES string of the molecule is ClCc1cc(Cl)ccc1-c1c(Cl)cccc1Cl. The van der Waals surface area contributed by atoms with Crippen molar-refractivity contribution in [1.82, 2.24) is 0 Å². The summed E-state index contributed by atoms with van der Waals surface area (Å²) in [7, 11) is 0. The van der Waals surface area contributed by atoms with Crippen LogP contribution < -0.4 is 0 Å². The summed E-state index contributed by atoms with van der Waals surface area (Å²) in [4.78, 5) is 0. The van der Waals surface area contributed by atoms with E-state index in [1.54, 1.807) is 18.2 Å². The number of hydrogen-bond acceptors (Lipinski definition) is 0. The molecule has 17 heavy (non-hydrogen) atoms. The second-order valence-electron chi connectivity index (χ2n) is 3.53. The van der Waals surface area contributed by atoms with Gasteiger partial charge in [0.1, 0.15) is 0 Å². The van der Waals surface area contributed by atoms with E-state index in [1.807, 2.05) is 18.2 Å². The van der Waals surface area contributed by atoms with Crippen molar-refractivity contribution < 1.29 is 0 Å². The van der Waals surface area contributed by atoms with Crippen molar-refractivity contribution in [2.24, 2.45) is 0 Å². The maximum atomic E-state index is 6.17. The summed E-state index contributed by atoms with van der Waals surface area (Å²) in [6.45, 7) is 0. The Morgan fingerprint density at radius 3 is 2.12 bits per heavy atom. The average molecular weight is 306 g/mol. The first-order chi connectivity index (χ1) is 8.13. The van der Waals surface area contributed by atoms with Crippen molar-refractivity contribution in [1.29, 1.82) is 0 Å². The smallest absolute Gasteiger partial charge is 0.0499 e. The Bertz CT molecular complexity index is 529. The van der Waals surface area contributed by atoms with Gasteiger partial charge in [-0.3, -0.25) is 0 Å². The zero-order valence-electron chi connectivity index (χ0n) is 8.68. The highest BCUT2D eigenvalue weighted by Crippen LogP contribution is 2.37. The number of halogens is 4. The van der Waals surface area contributed by atoms with Crippen molar-refractivity contribution in [2.75, 3.05) is 0 Å². The molecule has 0 aliphatic rings. The minimum Gasteiger partial charge on any atom is -0.122 e. The van der Waals surface area contributed by atoms with Gasteiger partial charge >= 0.3 is 0 Å². The summed E-state index contributed by atoms with van der Waals surface area (Å²) in [5, 5.41) is 1.85. The van der Waals surface area contributed by atoms with Gasteiger partial charge in [-0.25, -0.2) is 0 Å². The highest BCUT2D eigenvalue weighted by molar-refractivity contribution is 6.39. The Labute approximate surface area is 120 Å². The normalized spacial score (nSPS) is 10.6. The van der Waals surface area contributed by atoms with Crippen LogP contribution in [0.5, 0.6) is 0 Å². The molecule has 0 radical (unpaired) electrons. The van der Waals surface area contributed by atoms with E-state index in [2.05, 4.69) is 0 Å². The second kappa shape index (κ2) is 5.49. The molecule has 2 aromatic rings. The molecule has 0 heterocycles. The summed E-state index contributed by atoms with van der Waals surface area (Å²) >= 11 is 24.2. The Balaban J connectivity index is 2.68. The van der Waals surface area contributed by atoms with Crippen LogP contribution in [0.4, 0.5) is 0 Å². The fourth-order valence-corrected chi connectivity index (χ4v) is 2.69. The lowest BCUT2D eigenvalue weighted by molar-refractivity contribution is 1.40. The van der Waals surface area contributed by atoms with E-state index in [0.29, 0.717) is 20.9 Å². The summed E-state index contributed by atoms with van der Waals surface area (Å²) < 4.78 is 0. The monoisotopic (exact) mass is 304 g/mol. The number of alkyl halides is 1. The van der Waals surface area contributed by atoms with E-state index >= 15 is 0 Å². The van der Waals surface area contributed by atoms with Gasteiger partial charge in [0.05, 0.1) is 0 Å². The Morgan fingerprint density at radius 1 is 0.882 bits per heavy atom. The van der Waals surface area contributed by atoms with Gasteiger partial charge in [0.2, 0.25) is 0 Å². The van der Waals surface area contributed by atoms with Crippen molar-refractivity contribution in [3.05, 3.63) is 57.0 Å². The Hall–Kier alpha value is -0.400. The lowest BCUT2D eigenvalue weighted by Crippen LogP contribution is -1.88. The fourth-order valence-electron chi connectivity index (χ4n) is 1.67. The van der Waals surface area contributed by atoms with Gasteiger partial charge < -0.3 is 0 Å². The summed E-state index contributed by atoms with van der Waals surface area (Å²) in [5.41, 5.74) is 2.62. The van der Waals surface area contributed by atoms with Crippen LogP contribution in [0.3, 0.4) is 0 Å². The van der Waals surface area contributed by atoms with Crippen LogP contribution >= 0.6 is 46.4 Å². The number of rotatable bonds is 2. The first-order valence-electron chi connectivity index (χ1n) is 4.92. The maximum absolute atomic E-state index is 6.17. The number of hydrogen-bond donors (Lipinski definition) is 0. The van der Waals surface area contributed by atoms with E-state index in [9.17, 15) is 0 Å². The molecule has 0 saturated carbocycles. The van der Waals surface area contributed by atoms with Crippen molar-refractivity contribution in [2.45, 2.75) is 5.88 Å². The Kier molecular flexibility index (Phi) is 4.22. The third-order valence-electron chi connectivity index (χ3n) is 2.44. The van der Waals surface area contributed by atoms with Crippen molar-refractivity contribution >= 4 is 46.4 Å². The molecular formula is C13H8Cl4. The van der Waals surface area contributed by atoms with Crippen LogP contribution in [0.1, 0.15) is 5.56 Å². The maximum Gasteiger partial charge on any atom is 0.0499 e. The first-order valence-corrected chi connectivity index (χ1v) is 6.59. The van der Waals surface area contributed by atoms with Gasteiger partial charge in [-0.2, -0.15) is 0 Å². The molecule has 2 aromatic carbocycles. The quantitative estimate of drug-likeness (QED) is 0.592. The molecule has 0 aliphatic heterocycles. The van der Waals surface area contributed by atoms with E-state index < -0.39 is 0 Å². The molecule has 0 spiro atoms. The average Bonchev–Trinajstić information content (AvgIpc) is 2.30. The minimum atomic E-state index is 0.359. The largest absolute Gasteiger partial charge is 0.122 e. The molecule has 0 aromatic heterocycles. The predicted molar refractivity (Wildman–Crippen MR) is 76.5 cm³/mol. The molecule has 0 unspecified atom stereocenters. The van der Waals surface area contributed by atoms with E-state index in [0.717, 1.165) is 16.7 Å². The molecule has 4 heteroatoms. The van der Waals surface area contributed by atoms with Crippen LogP contribution in [0.25, 0.3) is 11.1 Å². The molecule has 0 aliphatic carbocycles. The van der Waals surface area contributed by atoms with Gasteiger partial charge in [-0.05, 0) is 35.4 Å². The van der Waals surface area contributed by atoms with Crippen LogP contribution in [-0.4, -0.2) is 0 Å². The second-order valence-corrected chi connectivity index (χ2v) is 5.05. The third kappa shape index (κ3) is 2.71. The highest BCUT2D eigenvalue weighted by Gasteiger charge is 2.12. The van der Waals surface area contributed by atoms with Gasteiger partial charge in [-0.1, -0.05) is 46.9 Å². The van der Waals surface area contributed by atoms with Crippen LogP contribution in [0.2, 0.25) is 15.1 Å². The molecule has 0 N–H and O–H groups in total. The van der Waals surface area contributed by atoms with Crippen LogP contribution in [0, 0.1) is 0 Å². The van der Waals surface area contributed by atoms with Gasteiger partial charge in [-0.15, -0.1) is 11.6 Å². The van der Waals surface area contributed by atoms with Crippen molar-refractivity contribution in [3.8, 4) is 11.1 Å². The first kappa shape index (κ1) is 13.0. The highest BCUT2D eigenvalue weighted by atomic mass is 35.5. The summed E-state index contributed by atoms with van der Waals surface area (Å²) in [6.07, 6.45) is 0. The Morgan fingerprint density at radius 2 is 1.53 bits per heavy atom. The molecule has 0 saturated heterocycles. The molecular weight excluding hydrogens is 298 g/mol. The summed E-state index contributed by atoms with van der Waals surface area (Å²) in [6, 6.07) is 10.9. The molecule has 0 fully saturated rings. The van der Waals surface area contributed by atoms with Gasteiger partial charge in [0.15, 0.2) is 0 Å². The topological polar surface area (TPSA) is 0 Å². The van der Waals surface area contributed by atoms with Crippen LogP contribution in [0.15, 0.2) is 36.4 Å². The zero-order valence-corrected chi connectivity index (χ0v) is 11.7. The summed E-state index contributed by atoms with van der Waals surface area (Å²) in [5.74, 6) is 0.359. The van der Waals surface area contributed by atoms with Crippen molar-refractivity contribution in [3.63, 3.8) is 0 Å². The predicted octanol–water partition coefficient (Wildman–Crippen LogP) is 6.05. The molecule has 0 atom stereocenters. The van der Waals surface area contributed by atoms with Crippen LogP contribution in [-0.2, 0) is 5.88 Å². The minimum absolute atomic E-state index is 0.359. The lowest BCUT2D eigenvalue weighted by atomic mass is 10.0. The fraction of sp³-hybridized carbons (Fsp3) is 0.0769. The molecule has 88 valence electrons. The number of benzene rings is 2. The zero-order chi connectivity index (χ0) is 12.4. The molecule has 0 bridgehead atoms.